The van der Waals surface area contributed by atoms with E-state index in [9.17, 15) is 4.79 Å². The van der Waals surface area contributed by atoms with E-state index in [4.69, 9.17) is 27.4 Å². The zero-order valence-electron chi connectivity index (χ0n) is 9.40. The summed E-state index contributed by atoms with van der Waals surface area (Å²) >= 11 is 4.91. The van der Waals surface area contributed by atoms with Crippen LogP contribution in [0.4, 0.5) is 0 Å². The molecule has 0 spiro atoms. The number of thiocarbonyl (C=S) groups is 1. The standard InChI is InChI=1S/C10H18N2O3S/c1-14-4-5-15-6-8(13)12-9(10(11)16)7-2-3-7/h7,9H,2-6H2,1H3,(H2,11,16)(H,12,13). The van der Waals surface area contributed by atoms with Gasteiger partial charge in [0.15, 0.2) is 0 Å². The number of rotatable bonds is 8. The molecule has 0 bridgehead atoms. The molecule has 0 aromatic carbocycles. The number of amides is 1. The quantitative estimate of drug-likeness (QED) is 0.459. The number of nitrogens with two attached hydrogens (primary N) is 1. The average molecular weight is 246 g/mol. The first-order valence-electron chi connectivity index (χ1n) is 5.30. The molecule has 1 unspecified atom stereocenters. The van der Waals surface area contributed by atoms with Crippen molar-refractivity contribution in [2.24, 2.45) is 11.7 Å². The summed E-state index contributed by atoms with van der Waals surface area (Å²) < 4.78 is 9.89. The molecule has 1 aliphatic carbocycles. The van der Waals surface area contributed by atoms with Gasteiger partial charge < -0.3 is 20.5 Å². The highest BCUT2D eigenvalue weighted by atomic mass is 32.1. The first kappa shape index (κ1) is 13.3. The number of nitrogens with one attached hydrogen (secondary N) is 1. The molecule has 3 N–H and O–H groups in total. The van der Waals surface area contributed by atoms with Gasteiger partial charge in [-0.3, -0.25) is 4.79 Å². The van der Waals surface area contributed by atoms with Crippen molar-refractivity contribution in [1.29, 1.82) is 0 Å². The van der Waals surface area contributed by atoms with E-state index in [-0.39, 0.29) is 18.6 Å². The minimum absolute atomic E-state index is 0.0230. The highest BCUT2D eigenvalue weighted by Crippen LogP contribution is 2.32. The van der Waals surface area contributed by atoms with Crippen molar-refractivity contribution in [3.8, 4) is 0 Å². The zero-order chi connectivity index (χ0) is 12.0. The van der Waals surface area contributed by atoms with E-state index in [1.807, 2.05) is 0 Å². The number of carbonyl (C=O) groups is 1. The van der Waals surface area contributed by atoms with Crippen LogP contribution in [0.5, 0.6) is 0 Å². The molecule has 1 amide bonds. The lowest BCUT2D eigenvalue weighted by Gasteiger charge is -2.16. The molecule has 6 heteroatoms. The van der Waals surface area contributed by atoms with E-state index in [0.717, 1.165) is 12.8 Å². The Hall–Kier alpha value is -0.720. The highest BCUT2D eigenvalue weighted by Gasteiger charge is 2.33. The summed E-state index contributed by atoms with van der Waals surface area (Å²) in [6.07, 6.45) is 2.15. The lowest BCUT2D eigenvalue weighted by Crippen LogP contribution is -2.46. The van der Waals surface area contributed by atoms with Crippen LogP contribution in [0.2, 0.25) is 0 Å². The Morgan fingerprint density at radius 1 is 1.56 bits per heavy atom. The third-order valence-electron chi connectivity index (χ3n) is 2.38. The van der Waals surface area contributed by atoms with Crippen LogP contribution in [-0.4, -0.2) is 43.9 Å². The normalized spacial score (nSPS) is 16.8. The molecule has 92 valence electrons. The molecule has 1 aliphatic rings. The lowest BCUT2D eigenvalue weighted by molar-refractivity contribution is -0.126. The van der Waals surface area contributed by atoms with Crippen LogP contribution < -0.4 is 11.1 Å². The van der Waals surface area contributed by atoms with Gasteiger partial charge in [0.25, 0.3) is 0 Å². The number of methoxy groups -OCH3 is 1. The van der Waals surface area contributed by atoms with Gasteiger partial charge in [-0.05, 0) is 18.8 Å². The monoisotopic (exact) mass is 246 g/mol. The fraction of sp³-hybridized carbons (Fsp3) is 0.800. The maximum atomic E-state index is 11.5. The van der Waals surface area contributed by atoms with Gasteiger partial charge in [-0.15, -0.1) is 0 Å². The second-order valence-electron chi connectivity index (χ2n) is 3.83. The van der Waals surface area contributed by atoms with Gasteiger partial charge >= 0.3 is 0 Å². The minimum atomic E-state index is -0.180. The van der Waals surface area contributed by atoms with Gasteiger partial charge in [0.05, 0.1) is 24.2 Å². The first-order chi connectivity index (χ1) is 7.65. The smallest absolute Gasteiger partial charge is 0.246 e. The average Bonchev–Trinajstić information content (AvgIpc) is 3.04. The SMILES string of the molecule is COCCOCC(=O)NC(C(N)=S)C1CC1. The molecular weight excluding hydrogens is 228 g/mol. The fourth-order valence-corrected chi connectivity index (χ4v) is 1.62. The van der Waals surface area contributed by atoms with E-state index < -0.39 is 0 Å². The predicted octanol–water partition coefficient (Wildman–Crippen LogP) is -0.170. The van der Waals surface area contributed by atoms with E-state index in [2.05, 4.69) is 5.32 Å². The molecule has 0 aromatic rings. The second-order valence-corrected chi connectivity index (χ2v) is 4.30. The van der Waals surface area contributed by atoms with Crippen molar-refractivity contribution in [3.05, 3.63) is 0 Å². The number of hydrogen-bond donors (Lipinski definition) is 2. The summed E-state index contributed by atoms with van der Waals surface area (Å²) in [5, 5.41) is 2.78. The molecule has 0 aliphatic heterocycles. The lowest BCUT2D eigenvalue weighted by atomic mass is 10.2. The van der Waals surface area contributed by atoms with E-state index in [1.54, 1.807) is 7.11 Å². The molecule has 0 heterocycles. The summed E-state index contributed by atoms with van der Waals surface area (Å²) in [6.45, 7) is 0.912. The van der Waals surface area contributed by atoms with Crippen molar-refractivity contribution in [1.82, 2.24) is 5.32 Å². The van der Waals surface area contributed by atoms with Crippen molar-refractivity contribution < 1.29 is 14.3 Å². The third kappa shape index (κ3) is 4.87. The largest absolute Gasteiger partial charge is 0.392 e. The molecule has 1 fully saturated rings. The topological polar surface area (TPSA) is 73.6 Å². The van der Waals surface area contributed by atoms with Crippen LogP contribution in [0.25, 0.3) is 0 Å². The molecule has 1 rings (SSSR count). The summed E-state index contributed by atoms with van der Waals surface area (Å²) in [5.74, 6) is 0.237. The summed E-state index contributed by atoms with van der Waals surface area (Å²) in [6, 6.07) is -0.173. The summed E-state index contributed by atoms with van der Waals surface area (Å²) in [5.41, 5.74) is 5.56. The van der Waals surface area contributed by atoms with E-state index in [0.29, 0.717) is 24.1 Å². The molecule has 1 atom stereocenters. The Labute approximate surface area is 101 Å². The van der Waals surface area contributed by atoms with Gasteiger partial charge in [0.1, 0.15) is 6.61 Å². The molecule has 0 radical (unpaired) electrons. The van der Waals surface area contributed by atoms with Gasteiger partial charge in [-0.1, -0.05) is 12.2 Å². The van der Waals surface area contributed by atoms with Crippen molar-refractivity contribution >= 4 is 23.1 Å². The van der Waals surface area contributed by atoms with E-state index >= 15 is 0 Å². The fourth-order valence-electron chi connectivity index (χ4n) is 1.37. The van der Waals surface area contributed by atoms with Crippen LogP contribution in [0.1, 0.15) is 12.8 Å². The Bertz CT molecular complexity index is 256. The molecule has 0 aromatic heterocycles. The number of ether oxygens (including phenoxy) is 2. The van der Waals surface area contributed by atoms with Crippen LogP contribution >= 0.6 is 12.2 Å². The van der Waals surface area contributed by atoms with E-state index in [1.165, 1.54) is 0 Å². The predicted molar refractivity (Wildman–Crippen MR) is 64.1 cm³/mol. The maximum absolute atomic E-state index is 11.5. The van der Waals surface area contributed by atoms with Gasteiger partial charge in [-0.2, -0.15) is 0 Å². The van der Waals surface area contributed by atoms with Crippen molar-refractivity contribution in [3.63, 3.8) is 0 Å². The van der Waals surface area contributed by atoms with Gasteiger partial charge in [0.2, 0.25) is 5.91 Å². The number of carbonyl (C=O) groups excluding carboxylic acids is 1. The molecule has 1 saturated carbocycles. The minimum Gasteiger partial charge on any atom is -0.392 e. The summed E-state index contributed by atoms with van der Waals surface area (Å²) in [7, 11) is 1.58. The molecule has 16 heavy (non-hydrogen) atoms. The Kier molecular flexibility index (Phi) is 5.65. The third-order valence-corrected chi connectivity index (χ3v) is 2.64. The van der Waals surface area contributed by atoms with Crippen LogP contribution in [0.3, 0.4) is 0 Å². The zero-order valence-corrected chi connectivity index (χ0v) is 10.2. The van der Waals surface area contributed by atoms with Gasteiger partial charge in [0, 0.05) is 7.11 Å². The Balaban J connectivity index is 2.18. The second kappa shape index (κ2) is 6.78. The Morgan fingerprint density at radius 2 is 2.25 bits per heavy atom. The van der Waals surface area contributed by atoms with Crippen LogP contribution in [0, 0.1) is 5.92 Å². The van der Waals surface area contributed by atoms with Crippen molar-refractivity contribution in [2.45, 2.75) is 18.9 Å². The van der Waals surface area contributed by atoms with Crippen LogP contribution in [-0.2, 0) is 14.3 Å². The van der Waals surface area contributed by atoms with Crippen molar-refractivity contribution in [2.75, 3.05) is 26.9 Å². The van der Waals surface area contributed by atoms with Gasteiger partial charge in [-0.25, -0.2) is 0 Å². The highest BCUT2D eigenvalue weighted by molar-refractivity contribution is 7.80. The Morgan fingerprint density at radius 3 is 2.75 bits per heavy atom. The maximum Gasteiger partial charge on any atom is 0.246 e. The number of hydrogen-bond acceptors (Lipinski definition) is 4. The first-order valence-corrected chi connectivity index (χ1v) is 5.71. The molecule has 5 nitrogen and oxygen atoms in total. The van der Waals surface area contributed by atoms with Crippen LogP contribution in [0.15, 0.2) is 0 Å². The molecule has 0 saturated heterocycles. The summed E-state index contributed by atoms with van der Waals surface area (Å²) in [4.78, 5) is 11.8. The molecular formula is C10H18N2O3S.